The van der Waals surface area contributed by atoms with Crippen molar-refractivity contribution in [3.63, 3.8) is 0 Å². The van der Waals surface area contributed by atoms with Gasteiger partial charge in [-0.05, 0) is 77.4 Å². The predicted molar refractivity (Wildman–Crippen MR) is 135 cm³/mol. The number of benzene rings is 3. The minimum Gasteiger partial charge on any atom is -0.481 e. The number of ether oxygens (including phenoxy) is 1. The normalized spacial score (nSPS) is 15.2. The van der Waals surface area contributed by atoms with Crippen LogP contribution in [0.4, 0.5) is 11.4 Å². The number of anilines is 2. The van der Waals surface area contributed by atoms with E-state index in [-0.39, 0.29) is 11.7 Å². The minimum atomic E-state index is -0.932. The molecule has 1 N–H and O–H groups in total. The molecule has 1 aliphatic rings. The summed E-state index contributed by atoms with van der Waals surface area (Å²) in [6.45, 7) is 0. The van der Waals surface area contributed by atoms with Gasteiger partial charge in [0, 0.05) is 45.1 Å². The molecule has 1 atom stereocenters. The Labute approximate surface area is 194 Å². The van der Waals surface area contributed by atoms with Gasteiger partial charge in [-0.15, -0.1) is 0 Å². The van der Waals surface area contributed by atoms with E-state index in [9.17, 15) is 9.90 Å². The topological polar surface area (TPSA) is 53.0 Å². The highest BCUT2D eigenvalue weighted by Crippen LogP contribution is 2.37. The van der Waals surface area contributed by atoms with Crippen molar-refractivity contribution in [2.75, 3.05) is 38.0 Å². The zero-order chi connectivity index (χ0) is 23.5. The highest BCUT2D eigenvalue weighted by molar-refractivity contribution is 5.89. The average molecular weight is 441 g/mol. The van der Waals surface area contributed by atoms with E-state index in [1.165, 1.54) is 0 Å². The number of hydrogen-bond acceptors (Lipinski definition) is 4. The molecule has 0 amide bonds. The zero-order valence-corrected chi connectivity index (χ0v) is 19.3. The molecule has 0 aliphatic carbocycles. The van der Waals surface area contributed by atoms with E-state index < -0.39 is 5.97 Å². The molecule has 0 bridgehead atoms. The molecule has 0 radical (unpaired) electrons. The van der Waals surface area contributed by atoms with Crippen molar-refractivity contribution in [2.45, 2.75) is 6.10 Å². The second kappa shape index (κ2) is 9.25. The standard InChI is InChI=1S/C28H28N2O3/c1-29(2)24-13-9-20(10-14-24)26-17-23(19-5-7-22(8-6-19)28(31)32)18-27(33-26)21-11-15-25(16-12-21)30(3)4/h5-18,26H,1-4H3,(H,31,32). The molecular weight excluding hydrogens is 412 g/mol. The van der Waals surface area contributed by atoms with Gasteiger partial charge in [-0.3, -0.25) is 0 Å². The Morgan fingerprint density at radius 1 is 0.758 bits per heavy atom. The number of hydrogen-bond donors (Lipinski definition) is 1. The fourth-order valence-corrected chi connectivity index (χ4v) is 3.74. The Kier molecular flexibility index (Phi) is 6.22. The monoisotopic (exact) mass is 440 g/mol. The van der Waals surface area contributed by atoms with Crippen LogP contribution in [0.25, 0.3) is 11.3 Å². The lowest BCUT2D eigenvalue weighted by molar-refractivity contribution is 0.0697. The fraction of sp³-hybridized carbons (Fsp3) is 0.179. The number of carboxylic acids is 1. The molecule has 3 aromatic carbocycles. The van der Waals surface area contributed by atoms with Crippen LogP contribution in [0.15, 0.2) is 84.9 Å². The summed E-state index contributed by atoms with van der Waals surface area (Å²) in [4.78, 5) is 15.4. The first-order chi connectivity index (χ1) is 15.8. The summed E-state index contributed by atoms with van der Waals surface area (Å²) < 4.78 is 6.44. The summed E-state index contributed by atoms with van der Waals surface area (Å²) in [5.74, 6) is -0.152. The van der Waals surface area contributed by atoms with Crippen molar-refractivity contribution in [3.8, 4) is 0 Å². The average Bonchev–Trinajstić information content (AvgIpc) is 2.84. The molecule has 0 fully saturated rings. The number of aromatic carboxylic acids is 1. The maximum atomic E-state index is 11.3. The third kappa shape index (κ3) is 4.93. The molecule has 1 heterocycles. The molecule has 4 rings (SSSR count). The van der Waals surface area contributed by atoms with E-state index in [0.717, 1.165) is 39.4 Å². The first-order valence-corrected chi connectivity index (χ1v) is 10.8. The van der Waals surface area contributed by atoms with Crippen LogP contribution >= 0.6 is 0 Å². The quantitative estimate of drug-likeness (QED) is 0.532. The van der Waals surface area contributed by atoms with E-state index in [1.807, 2.05) is 46.4 Å². The van der Waals surface area contributed by atoms with Gasteiger partial charge in [-0.2, -0.15) is 0 Å². The zero-order valence-electron chi connectivity index (χ0n) is 19.3. The molecule has 0 saturated heterocycles. The summed E-state index contributed by atoms with van der Waals surface area (Å²) in [5.41, 5.74) is 6.49. The largest absolute Gasteiger partial charge is 0.481 e. The predicted octanol–water partition coefficient (Wildman–Crippen LogP) is 5.71. The van der Waals surface area contributed by atoms with Crippen LogP contribution in [0.1, 0.15) is 33.2 Å². The van der Waals surface area contributed by atoms with Gasteiger partial charge in [-0.25, -0.2) is 4.79 Å². The summed E-state index contributed by atoms with van der Waals surface area (Å²) in [6.07, 6.45) is 3.84. The fourth-order valence-electron chi connectivity index (χ4n) is 3.74. The molecule has 5 heteroatoms. The summed E-state index contributed by atoms with van der Waals surface area (Å²) in [7, 11) is 8.06. The molecular formula is C28H28N2O3. The SMILES string of the molecule is CN(C)c1ccc(C2=CC(c3ccc(C(=O)O)cc3)=CC(c3ccc(N(C)C)cc3)O2)cc1. The summed E-state index contributed by atoms with van der Waals surface area (Å²) in [5, 5.41) is 9.24. The molecule has 1 unspecified atom stereocenters. The van der Waals surface area contributed by atoms with Gasteiger partial charge in [-0.1, -0.05) is 24.3 Å². The molecule has 0 saturated carbocycles. The van der Waals surface area contributed by atoms with Crippen molar-refractivity contribution in [1.82, 2.24) is 0 Å². The maximum Gasteiger partial charge on any atom is 0.335 e. The van der Waals surface area contributed by atoms with E-state index in [0.29, 0.717) is 0 Å². The second-order valence-electron chi connectivity index (χ2n) is 8.48. The first kappa shape index (κ1) is 22.2. The van der Waals surface area contributed by atoms with Crippen LogP contribution in [0.3, 0.4) is 0 Å². The molecule has 168 valence electrons. The van der Waals surface area contributed by atoms with Gasteiger partial charge >= 0.3 is 5.97 Å². The Balaban J connectivity index is 1.73. The van der Waals surface area contributed by atoms with Crippen LogP contribution in [0, 0.1) is 0 Å². The number of carbonyl (C=O) groups is 1. The number of carboxylic acid groups (broad SMARTS) is 1. The van der Waals surface area contributed by atoms with Gasteiger partial charge in [0.15, 0.2) is 0 Å². The number of nitrogens with zero attached hydrogens (tertiary/aromatic N) is 2. The highest BCUT2D eigenvalue weighted by Gasteiger charge is 2.21. The highest BCUT2D eigenvalue weighted by atomic mass is 16.5. The van der Waals surface area contributed by atoms with Gasteiger partial charge in [0.25, 0.3) is 0 Å². The van der Waals surface area contributed by atoms with Crippen LogP contribution in [0.5, 0.6) is 0 Å². The Morgan fingerprint density at radius 3 is 1.79 bits per heavy atom. The third-order valence-electron chi connectivity index (χ3n) is 5.74. The van der Waals surface area contributed by atoms with Crippen LogP contribution in [-0.2, 0) is 4.74 Å². The van der Waals surface area contributed by atoms with Crippen LogP contribution in [0.2, 0.25) is 0 Å². The molecule has 33 heavy (non-hydrogen) atoms. The number of rotatable bonds is 6. The lowest BCUT2D eigenvalue weighted by Gasteiger charge is -2.25. The van der Waals surface area contributed by atoms with Crippen molar-refractivity contribution in [1.29, 1.82) is 0 Å². The Hall–Kier alpha value is -3.99. The van der Waals surface area contributed by atoms with E-state index in [1.54, 1.807) is 12.1 Å². The van der Waals surface area contributed by atoms with Gasteiger partial charge in [0.1, 0.15) is 11.9 Å². The lowest BCUT2D eigenvalue weighted by atomic mass is 9.95. The lowest BCUT2D eigenvalue weighted by Crippen LogP contribution is -2.10. The van der Waals surface area contributed by atoms with E-state index in [2.05, 4.69) is 64.4 Å². The molecule has 3 aromatic rings. The van der Waals surface area contributed by atoms with E-state index >= 15 is 0 Å². The van der Waals surface area contributed by atoms with Gasteiger partial charge in [0.05, 0.1) is 5.56 Å². The van der Waals surface area contributed by atoms with Gasteiger partial charge in [0.2, 0.25) is 0 Å². The van der Waals surface area contributed by atoms with Crippen LogP contribution in [-0.4, -0.2) is 39.3 Å². The maximum absolute atomic E-state index is 11.3. The smallest absolute Gasteiger partial charge is 0.335 e. The summed E-state index contributed by atoms with van der Waals surface area (Å²) in [6, 6.07) is 23.5. The third-order valence-corrected chi connectivity index (χ3v) is 5.74. The summed E-state index contributed by atoms with van der Waals surface area (Å²) >= 11 is 0. The van der Waals surface area contributed by atoms with Crippen molar-refractivity contribution in [3.05, 3.63) is 107 Å². The molecule has 1 aliphatic heterocycles. The Morgan fingerprint density at radius 2 is 1.27 bits per heavy atom. The molecule has 5 nitrogen and oxygen atoms in total. The van der Waals surface area contributed by atoms with Crippen molar-refractivity contribution >= 4 is 28.7 Å². The second-order valence-corrected chi connectivity index (χ2v) is 8.48. The number of allylic oxidation sites excluding steroid dienone is 2. The Bertz CT molecular complexity index is 1190. The first-order valence-electron chi connectivity index (χ1n) is 10.8. The molecule has 0 aromatic heterocycles. The van der Waals surface area contributed by atoms with E-state index in [4.69, 9.17) is 4.74 Å². The molecule has 0 spiro atoms. The van der Waals surface area contributed by atoms with Crippen molar-refractivity contribution < 1.29 is 14.6 Å². The van der Waals surface area contributed by atoms with Crippen molar-refractivity contribution in [2.24, 2.45) is 0 Å². The van der Waals surface area contributed by atoms with Gasteiger partial charge < -0.3 is 19.6 Å². The van der Waals surface area contributed by atoms with Crippen LogP contribution < -0.4 is 9.80 Å². The minimum absolute atomic E-state index is 0.260.